The van der Waals surface area contributed by atoms with E-state index >= 15 is 0 Å². The molecule has 0 saturated heterocycles. The summed E-state index contributed by atoms with van der Waals surface area (Å²) in [4.78, 5) is 23.4. The molecule has 0 bridgehead atoms. The average Bonchev–Trinajstić information content (AvgIpc) is 2.37. The van der Waals surface area contributed by atoms with Crippen molar-refractivity contribution >= 4 is 32.8 Å². The summed E-state index contributed by atoms with van der Waals surface area (Å²) in [6, 6.07) is 5.27. The van der Waals surface area contributed by atoms with Gasteiger partial charge in [-0.15, -0.1) is 0 Å². The highest BCUT2D eigenvalue weighted by atomic mass is 79.9. The molecule has 4 nitrogen and oxygen atoms in total. The SMILES string of the molecule is CC(C)CCn1cc(C(=O)O)c(=O)c2ccc(Br)cc21. The Morgan fingerprint density at radius 2 is 2.10 bits per heavy atom. The molecule has 0 aliphatic rings. The Bertz CT molecular complexity index is 719. The number of nitrogens with zero attached hydrogens (tertiary/aromatic N) is 1. The van der Waals surface area contributed by atoms with E-state index in [1.54, 1.807) is 12.1 Å². The first-order chi connectivity index (χ1) is 9.40. The van der Waals surface area contributed by atoms with E-state index in [0.29, 0.717) is 17.8 Å². The van der Waals surface area contributed by atoms with Crippen molar-refractivity contribution in [3.63, 3.8) is 0 Å². The zero-order valence-electron chi connectivity index (χ0n) is 11.4. The summed E-state index contributed by atoms with van der Waals surface area (Å²) in [5.74, 6) is -0.678. The maximum atomic E-state index is 12.2. The molecule has 0 fully saturated rings. The van der Waals surface area contributed by atoms with Crippen molar-refractivity contribution in [1.29, 1.82) is 0 Å². The molecule has 5 heteroatoms. The van der Waals surface area contributed by atoms with E-state index in [9.17, 15) is 9.59 Å². The molecular weight excluding hydrogens is 322 g/mol. The minimum atomic E-state index is -1.18. The van der Waals surface area contributed by atoms with Gasteiger partial charge in [-0.3, -0.25) is 4.79 Å². The number of carboxylic acids is 1. The number of carbonyl (C=O) groups is 1. The van der Waals surface area contributed by atoms with Crippen LogP contribution >= 0.6 is 15.9 Å². The van der Waals surface area contributed by atoms with Crippen LogP contribution < -0.4 is 5.43 Å². The highest BCUT2D eigenvalue weighted by Crippen LogP contribution is 2.19. The van der Waals surface area contributed by atoms with Gasteiger partial charge in [0.15, 0.2) is 0 Å². The molecular formula is C15H16BrNO3. The van der Waals surface area contributed by atoms with E-state index < -0.39 is 11.4 Å². The maximum Gasteiger partial charge on any atom is 0.341 e. The second-order valence-electron chi connectivity index (χ2n) is 5.21. The Labute approximate surface area is 125 Å². The molecule has 0 aliphatic carbocycles. The number of aromatic nitrogens is 1. The molecule has 0 aliphatic heterocycles. The van der Waals surface area contributed by atoms with E-state index in [1.165, 1.54) is 6.20 Å². The number of hydrogen-bond donors (Lipinski definition) is 1. The summed E-state index contributed by atoms with van der Waals surface area (Å²) < 4.78 is 2.72. The molecule has 0 atom stereocenters. The highest BCUT2D eigenvalue weighted by molar-refractivity contribution is 9.10. The first-order valence-electron chi connectivity index (χ1n) is 6.46. The minimum Gasteiger partial charge on any atom is -0.477 e. The second-order valence-corrected chi connectivity index (χ2v) is 6.13. The van der Waals surface area contributed by atoms with Crippen molar-refractivity contribution in [2.45, 2.75) is 26.8 Å². The van der Waals surface area contributed by atoms with E-state index in [-0.39, 0.29) is 5.56 Å². The quantitative estimate of drug-likeness (QED) is 0.928. The number of halogens is 1. The van der Waals surface area contributed by atoms with Crippen LogP contribution in [0.4, 0.5) is 0 Å². The Kier molecular flexibility index (Phi) is 4.28. The van der Waals surface area contributed by atoms with Gasteiger partial charge in [-0.1, -0.05) is 29.8 Å². The third-order valence-corrected chi connectivity index (χ3v) is 3.71. The molecule has 0 radical (unpaired) electrons. The van der Waals surface area contributed by atoms with Gasteiger partial charge in [-0.05, 0) is 30.5 Å². The van der Waals surface area contributed by atoms with Gasteiger partial charge >= 0.3 is 5.97 Å². The van der Waals surface area contributed by atoms with Crippen molar-refractivity contribution < 1.29 is 9.90 Å². The highest BCUT2D eigenvalue weighted by Gasteiger charge is 2.14. The van der Waals surface area contributed by atoms with Gasteiger partial charge in [0, 0.05) is 22.6 Å². The van der Waals surface area contributed by atoms with Crippen molar-refractivity contribution in [1.82, 2.24) is 4.57 Å². The lowest BCUT2D eigenvalue weighted by atomic mass is 10.1. The Balaban J connectivity index is 2.69. The fourth-order valence-electron chi connectivity index (χ4n) is 2.10. The van der Waals surface area contributed by atoms with E-state index in [2.05, 4.69) is 29.8 Å². The first-order valence-corrected chi connectivity index (χ1v) is 7.25. The summed E-state index contributed by atoms with van der Waals surface area (Å²) in [7, 11) is 0. The molecule has 1 heterocycles. The van der Waals surface area contributed by atoms with Gasteiger partial charge in [0.1, 0.15) is 5.56 Å². The van der Waals surface area contributed by atoms with Gasteiger partial charge in [0.05, 0.1) is 5.52 Å². The number of hydrogen-bond acceptors (Lipinski definition) is 2. The summed E-state index contributed by atoms with van der Waals surface area (Å²) in [6.07, 6.45) is 2.37. The van der Waals surface area contributed by atoms with E-state index in [1.807, 2.05) is 10.6 Å². The lowest BCUT2D eigenvalue weighted by Gasteiger charge is -2.14. The molecule has 106 valence electrons. The number of aryl methyl sites for hydroxylation is 1. The molecule has 0 amide bonds. The van der Waals surface area contributed by atoms with Gasteiger partial charge in [0.2, 0.25) is 5.43 Å². The summed E-state index contributed by atoms with van der Waals surface area (Å²) in [5.41, 5.74) is 0.152. The van der Waals surface area contributed by atoms with Crippen LogP contribution in [0.25, 0.3) is 10.9 Å². The van der Waals surface area contributed by atoms with Crippen LogP contribution in [-0.4, -0.2) is 15.6 Å². The zero-order valence-corrected chi connectivity index (χ0v) is 13.0. The number of rotatable bonds is 4. The number of carboxylic acid groups (broad SMARTS) is 1. The standard InChI is InChI=1S/C15H16BrNO3/c1-9(2)5-6-17-8-12(15(19)20)14(18)11-4-3-10(16)7-13(11)17/h3-4,7-9H,5-6H2,1-2H3,(H,19,20). The van der Waals surface area contributed by atoms with Gasteiger partial charge < -0.3 is 9.67 Å². The predicted octanol–water partition coefficient (Wildman–Crippen LogP) is 3.51. The molecule has 20 heavy (non-hydrogen) atoms. The van der Waals surface area contributed by atoms with Crippen LogP contribution in [0.3, 0.4) is 0 Å². The third kappa shape index (κ3) is 2.93. The maximum absolute atomic E-state index is 12.2. The number of pyridine rings is 1. The number of aromatic carboxylic acids is 1. The van der Waals surface area contributed by atoms with Crippen LogP contribution in [0.1, 0.15) is 30.6 Å². The Morgan fingerprint density at radius 3 is 2.70 bits per heavy atom. The lowest BCUT2D eigenvalue weighted by Crippen LogP contribution is -2.19. The second kappa shape index (κ2) is 5.79. The molecule has 0 unspecified atom stereocenters. The third-order valence-electron chi connectivity index (χ3n) is 3.22. The van der Waals surface area contributed by atoms with Gasteiger partial charge in [-0.25, -0.2) is 4.79 Å². The normalized spacial score (nSPS) is 11.2. The molecule has 0 saturated carbocycles. The topological polar surface area (TPSA) is 59.3 Å². The first kappa shape index (κ1) is 14.8. The molecule has 1 aromatic heterocycles. The van der Waals surface area contributed by atoms with E-state index in [4.69, 9.17) is 5.11 Å². The summed E-state index contributed by atoms with van der Waals surface area (Å²) in [5, 5.41) is 9.60. The van der Waals surface area contributed by atoms with Crippen LogP contribution in [-0.2, 0) is 6.54 Å². The molecule has 1 N–H and O–H groups in total. The lowest BCUT2D eigenvalue weighted by molar-refractivity contribution is 0.0695. The molecule has 0 spiro atoms. The van der Waals surface area contributed by atoms with Gasteiger partial charge in [0.25, 0.3) is 0 Å². The molecule has 2 aromatic rings. The average molecular weight is 338 g/mol. The largest absolute Gasteiger partial charge is 0.477 e. The minimum absolute atomic E-state index is 0.177. The fraction of sp³-hybridized carbons (Fsp3) is 0.333. The van der Waals surface area contributed by atoms with Crippen molar-refractivity contribution in [2.75, 3.05) is 0 Å². The van der Waals surface area contributed by atoms with E-state index in [0.717, 1.165) is 16.4 Å². The Hall–Kier alpha value is -1.62. The number of fused-ring (bicyclic) bond motifs is 1. The summed E-state index contributed by atoms with van der Waals surface area (Å²) >= 11 is 3.39. The zero-order chi connectivity index (χ0) is 14.9. The molecule has 1 aromatic carbocycles. The predicted molar refractivity (Wildman–Crippen MR) is 82.3 cm³/mol. The monoisotopic (exact) mass is 337 g/mol. The van der Waals surface area contributed by atoms with Gasteiger partial charge in [-0.2, -0.15) is 0 Å². The fourth-order valence-corrected chi connectivity index (χ4v) is 2.45. The smallest absolute Gasteiger partial charge is 0.341 e. The van der Waals surface area contributed by atoms with Crippen LogP contribution in [0, 0.1) is 5.92 Å². The summed E-state index contributed by atoms with van der Waals surface area (Å²) in [6.45, 7) is 4.91. The molecule has 2 rings (SSSR count). The van der Waals surface area contributed by atoms with Crippen molar-refractivity contribution in [2.24, 2.45) is 5.92 Å². The van der Waals surface area contributed by atoms with Crippen molar-refractivity contribution in [3.05, 3.63) is 44.7 Å². The van der Waals surface area contributed by atoms with Crippen LogP contribution in [0.5, 0.6) is 0 Å². The van der Waals surface area contributed by atoms with Crippen LogP contribution in [0.15, 0.2) is 33.7 Å². The van der Waals surface area contributed by atoms with Crippen LogP contribution in [0.2, 0.25) is 0 Å². The van der Waals surface area contributed by atoms with Crippen molar-refractivity contribution in [3.8, 4) is 0 Å². The Morgan fingerprint density at radius 1 is 1.40 bits per heavy atom. The number of benzene rings is 1.